The highest BCUT2D eigenvalue weighted by atomic mass is 16.5. The molecule has 5 heteroatoms. The third kappa shape index (κ3) is 4.16. The van der Waals surface area contributed by atoms with E-state index in [9.17, 15) is 4.79 Å². The summed E-state index contributed by atoms with van der Waals surface area (Å²) in [4.78, 5) is 14.1. The van der Waals surface area contributed by atoms with Gasteiger partial charge in [-0.25, -0.2) is 0 Å². The van der Waals surface area contributed by atoms with Crippen LogP contribution in [-0.4, -0.2) is 54.7 Å². The minimum absolute atomic E-state index is 0.252. The number of likely N-dealkylation sites (tertiary alicyclic amines) is 1. The maximum atomic E-state index is 11.8. The molecule has 0 bridgehead atoms. The monoisotopic (exact) mass is 269 g/mol. The van der Waals surface area contributed by atoms with Gasteiger partial charge >= 0.3 is 0 Å². The van der Waals surface area contributed by atoms with Crippen molar-refractivity contribution in [1.82, 2.24) is 10.2 Å². The maximum Gasteiger partial charge on any atom is 0.238 e. The van der Waals surface area contributed by atoms with Gasteiger partial charge in [0, 0.05) is 25.7 Å². The molecule has 1 amide bonds. The van der Waals surface area contributed by atoms with Crippen molar-refractivity contribution in [1.29, 1.82) is 0 Å². The summed E-state index contributed by atoms with van der Waals surface area (Å²) in [5.74, 6) is -0.252. The highest BCUT2D eigenvalue weighted by Gasteiger charge is 2.39. The van der Waals surface area contributed by atoms with Crippen LogP contribution >= 0.6 is 0 Å². The van der Waals surface area contributed by atoms with E-state index in [0.717, 1.165) is 45.4 Å². The second-order valence-electron chi connectivity index (χ2n) is 6.07. The number of piperidine rings is 1. The van der Waals surface area contributed by atoms with Crippen molar-refractivity contribution in [3.63, 3.8) is 0 Å². The van der Waals surface area contributed by atoms with Crippen LogP contribution in [0.5, 0.6) is 0 Å². The number of ether oxygens (including phenoxy) is 1. The van der Waals surface area contributed by atoms with Crippen LogP contribution in [0, 0.1) is 0 Å². The summed E-state index contributed by atoms with van der Waals surface area (Å²) in [6.45, 7) is 7.33. The number of carbonyl (C=O) groups is 1. The van der Waals surface area contributed by atoms with Gasteiger partial charge in [-0.2, -0.15) is 0 Å². The van der Waals surface area contributed by atoms with Gasteiger partial charge in [0.05, 0.1) is 6.10 Å². The average molecular weight is 269 g/mol. The van der Waals surface area contributed by atoms with Crippen molar-refractivity contribution >= 4 is 5.91 Å². The molecule has 2 unspecified atom stereocenters. The predicted molar refractivity (Wildman–Crippen MR) is 74.8 cm³/mol. The largest absolute Gasteiger partial charge is 0.377 e. The lowest BCUT2D eigenvalue weighted by Crippen LogP contribution is -2.61. The van der Waals surface area contributed by atoms with Gasteiger partial charge in [-0.1, -0.05) is 0 Å². The molecule has 0 radical (unpaired) electrons. The van der Waals surface area contributed by atoms with Crippen LogP contribution in [0.4, 0.5) is 0 Å². The number of amides is 1. The van der Waals surface area contributed by atoms with E-state index < -0.39 is 5.54 Å². The number of nitrogens with zero attached hydrogens (tertiary/aromatic N) is 1. The molecule has 1 saturated heterocycles. The molecule has 110 valence electrons. The average Bonchev–Trinajstić information content (AvgIpc) is 3.13. The van der Waals surface area contributed by atoms with Gasteiger partial charge in [-0.3, -0.25) is 15.0 Å². The van der Waals surface area contributed by atoms with Gasteiger partial charge in [0.15, 0.2) is 0 Å². The van der Waals surface area contributed by atoms with Crippen molar-refractivity contribution in [3.05, 3.63) is 0 Å². The fourth-order valence-electron chi connectivity index (χ4n) is 2.85. The summed E-state index contributed by atoms with van der Waals surface area (Å²) in [5, 5.41) is 3.40. The zero-order chi connectivity index (χ0) is 13.9. The zero-order valence-corrected chi connectivity index (χ0v) is 12.2. The molecule has 2 aliphatic rings. The quantitative estimate of drug-likeness (QED) is 0.705. The SMILES string of the molecule is CCOC1CCCN(CC(C)(NC2CC2)C(N)=O)C1. The van der Waals surface area contributed by atoms with E-state index in [4.69, 9.17) is 10.5 Å². The number of rotatable bonds is 7. The molecular formula is C14H27N3O2. The van der Waals surface area contributed by atoms with E-state index in [-0.39, 0.29) is 5.91 Å². The minimum atomic E-state index is -0.616. The van der Waals surface area contributed by atoms with E-state index >= 15 is 0 Å². The Morgan fingerprint density at radius 2 is 2.21 bits per heavy atom. The molecule has 0 spiro atoms. The summed E-state index contributed by atoms with van der Waals surface area (Å²) in [5.41, 5.74) is 4.98. The molecular weight excluding hydrogens is 242 g/mol. The fourth-order valence-corrected chi connectivity index (χ4v) is 2.85. The lowest BCUT2D eigenvalue weighted by atomic mass is 9.98. The lowest BCUT2D eigenvalue weighted by molar-refractivity contribution is -0.125. The van der Waals surface area contributed by atoms with E-state index in [2.05, 4.69) is 10.2 Å². The smallest absolute Gasteiger partial charge is 0.238 e. The topological polar surface area (TPSA) is 67.6 Å². The molecule has 1 aliphatic heterocycles. The Bertz CT molecular complexity index is 318. The molecule has 0 aromatic rings. The molecule has 3 N–H and O–H groups in total. The number of nitrogens with two attached hydrogens (primary N) is 1. The maximum absolute atomic E-state index is 11.8. The Balaban J connectivity index is 1.90. The Morgan fingerprint density at radius 3 is 2.79 bits per heavy atom. The Morgan fingerprint density at radius 1 is 1.47 bits per heavy atom. The van der Waals surface area contributed by atoms with Crippen LogP contribution in [0.15, 0.2) is 0 Å². The first-order valence-corrected chi connectivity index (χ1v) is 7.45. The van der Waals surface area contributed by atoms with E-state index in [1.165, 1.54) is 0 Å². The van der Waals surface area contributed by atoms with Crippen molar-refractivity contribution in [3.8, 4) is 0 Å². The highest BCUT2D eigenvalue weighted by Crippen LogP contribution is 2.24. The molecule has 1 saturated carbocycles. The Kier molecular flexibility index (Phi) is 4.81. The summed E-state index contributed by atoms with van der Waals surface area (Å²) < 4.78 is 5.70. The molecule has 1 heterocycles. The van der Waals surface area contributed by atoms with Crippen LogP contribution in [0.1, 0.15) is 39.5 Å². The van der Waals surface area contributed by atoms with Gasteiger partial charge in [-0.05, 0) is 46.1 Å². The van der Waals surface area contributed by atoms with Crippen LogP contribution in [-0.2, 0) is 9.53 Å². The standard InChI is InChI=1S/C14H27N3O2/c1-3-19-12-5-4-8-17(9-12)10-14(2,13(15)18)16-11-6-7-11/h11-12,16H,3-10H2,1-2H3,(H2,15,18). The third-order valence-electron chi connectivity index (χ3n) is 4.05. The second kappa shape index (κ2) is 6.20. The van der Waals surface area contributed by atoms with Gasteiger partial charge in [-0.15, -0.1) is 0 Å². The van der Waals surface area contributed by atoms with Crippen LogP contribution in [0.25, 0.3) is 0 Å². The zero-order valence-electron chi connectivity index (χ0n) is 12.2. The van der Waals surface area contributed by atoms with Crippen molar-refractivity contribution < 1.29 is 9.53 Å². The molecule has 0 aromatic carbocycles. The number of carbonyl (C=O) groups excluding carboxylic acids is 1. The number of nitrogens with one attached hydrogen (secondary N) is 1. The number of hydrogen-bond acceptors (Lipinski definition) is 4. The van der Waals surface area contributed by atoms with Gasteiger partial charge in [0.25, 0.3) is 0 Å². The second-order valence-corrected chi connectivity index (χ2v) is 6.07. The summed E-state index contributed by atoms with van der Waals surface area (Å²) in [7, 11) is 0. The fraction of sp³-hybridized carbons (Fsp3) is 0.929. The summed E-state index contributed by atoms with van der Waals surface area (Å²) in [6.07, 6.45) is 4.86. The molecule has 2 fully saturated rings. The summed E-state index contributed by atoms with van der Waals surface area (Å²) >= 11 is 0. The van der Waals surface area contributed by atoms with Gasteiger partial charge in [0.1, 0.15) is 5.54 Å². The van der Waals surface area contributed by atoms with Crippen molar-refractivity contribution in [2.75, 3.05) is 26.2 Å². The van der Waals surface area contributed by atoms with Crippen LogP contribution in [0.2, 0.25) is 0 Å². The normalized spacial score (nSPS) is 28.0. The first-order chi connectivity index (χ1) is 9.03. The first-order valence-electron chi connectivity index (χ1n) is 7.45. The lowest BCUT2D eigenvalue weighted by Gasteiger charge is -2.38. The van der Waals surface area contributed by atoms with Gasteiger partial charge in [0.2, 0.25) is 5.91 Å². The van der Waals surface area contributed by atoms with Gasteiger partial charge < -0.3 is 10.5 Å². The molecule has 1 aliphatic carbocycles. The highest BCUT2D eigenvalue weighted by molar-refractivity contribution is 5.84. The third-order valence-corrected chi connectivity index (χ3v) is 4.05. The number of hydrogen-bond donors (Lipinski definition) is 2. The molecule has 0 aromatic heterocycles. The molecule has 2 rings (SSSR count). The van der Waals surface area contributed by atoms with E-state index in [0.29, 0.717) is 18.7 Å². The van der Waals surface area contributed by atoms with Crippen LogP contribution in [0.3, 0.4) is 0 Å². The molecule has 2 atom stereocenters. The Hall–Kier alpha value is -0.650. The Labute approximate surface area is 115 Å². The summed E-state index contributed by atoms with van der Waals surface area (Å²) in [6, 6.07) is 0.477. The first kappa shape index (κ1) is 14.8. The van der Waals surface area contributed by atoms with Crippen molar-refractivity contribution in [2.45, 2.75) is 57.2 Å². The van der Waals surface area contributed by atoms with Crippen molar-refractivity contribution in [2.24, 2.45) is 5.73 Å². The van der Waals surface area contributed by atoms with Crippen LogP contribution < -0.4 is 11.1 Å². The van der Waals surface area contributed by atoms with E-state index in [1.54, 1.807) is 0 Å². The minimum Gasteiger partial charge on any atom is -0.377 e. The predicted octanol–water partition coefficient (Wildman–Crippen LogP) is 0.483. The number of primary amides is 1. The molecule has 5 nitrogen and oxygen atoms in total. The molecule has 19 heavy (non-hydrogen) atoms. The van der Waals surface area contributed by atoms with E-state index in [1.807, 2.05) is 13.8 Å².